The third-order valence-corrected chi connectivity index (χ3v) is 3.22. The van der Waals surface area contributed by atoms with E-state index in [0.29, 0.717) is 6.54 Å². The van der Waals surface area contributed by atoms with Crippen LogP contribution in [0.4, 0.5) is 0 Å². The highest BCUT2D eigenvalue weighted by atomic mass is 16.4. The number of carbonyl (C=O) groups is 1. The number of carboxylic acids is 1. The Labute approximate surface area is 86.3 Å². The summed E-state index contributed by atoms with van der Waals surface area (Å²) in [7, 11) is 0. The number of hydrogen-bond acceptors (Lipinski definition) is 1. The van der Waals surface area contributed by atoms with Crippen molar-refractivity contribution in [1.29, 1.82) is 0 Å². The quantitative estimate of drug-likeness (QED) is 0.525. The number of hydrogen-bond donors (Lipinski definition) is 1. The van der Waals surface area contributed by atoms with Crippen molar-refractivity contribution in [2.75, 3.05) is 26.2 Å². The molecule has 1 rings (SSSR count). The first-order valence-electron chi connectivity index (χ1n) is 5.75. The molecule has 0 atom stereocenters. The number of likely N-dealkylation sites (tertiary alicyclic amines) is 1. The number of carboxylic acid groups (broad SMARTS) is 1. The molecule has 0 unspecified atom stereocenters. The maximum atomic E-state index is 10.8. The van der Waals surface area contributed by atoms with Gasteiger partial charge in [0.15, 0.2) is 6.54 Å². The summed E-state index contributed by atoms with van der Waals surface area (Å²) in [6, 6.07) is 0. The number of unbranched alkanes of at least 4 members (excludes halogenated alkanes) is 2. The van der Waals surface area contributed by atoms with Gasteiger partial charge in [0.2, 0.25) is 0 Å². The van der Waals surface area contributed by atoms with Crippen LogP contribution in [-0.4, -0.2) is 41.7 Å². The van der Waals surface area contributed by atoms with Crippen LogP contribution in [0.25, 0.3) is 0 Å². The number of aliphatic carboxylic acids is 1. The van der Waals surface area contributed by atoms with Gasteiger partial charge >= 0.3 is 5.97 Å². The van der Waals surface area contributed by atoms with Gasteiger partial charge in [0.05, 0.1) is 19.6 Å². The lowest BCUT2D eigenvalue weighted by Gasteiger charge is -2.32. The van der Waals surface area contributed by atoms with Crippen molar-refractivity contribution in [3.05, 3.63) is 0 Å². The third kappa shape index (κ3) is 3.29. The van der Waals surface area contributed by atoms with Gasteiger partial charge in [-0.2, -0.15) is 0 Å². The lowest BCUT2D eigenvalue weighted by Crippen LogP contribution is -2.49. The van der Waals surface area contributed by atoms with E-state index in [1.807, 2.05) is 0 Å². The molecule has 0 amide bonds. The summed E-state index contributed by atoms with van der Waals surface area (Å²) in [6.07, 6.45) is 6.05. The molecule has 14 heavy (non-hydrogen) atoms. The second-order valence-corrected chi connectivity index (χ2v) is 4.48. The van der Waals surface area contributed by atoms with Crippen molar-refractivity contribution < 1.29 is 14.4 Å². The van der Waals surface area contributed by atoms with Crippen LogP contribution in [0, 0.1) is 0 Å². The smallest absolute Gasteiger partial charge is 0.359 e. The van der Waals surface area contributed by atoms with E-state index in [0.717, 1.165) is 24.1 Å². The fourth-order valence-corrected chi connectivity index (χ4v) is 2.45. The highest BCUT2D eigenvalue weighted by molar-refractivity contribution is 5.67. The Hall–Kier alpha value is -0.570. The second kappa shape index (κ2) is 5.35. The first-order chi connectivity index (χ1) is 6.68. The molecular formula is C11H22NO2+. The van der Waals surface area contributed by atoms with Gasteiger partial charge in [0.25, 0.3) is 0 Å². The Morgan fingerprint density at radius 3 is 2.43 bits per heavy atom. The van der Waals surface area contributed by atoms with E-state index in [4.69, 9.17) is 5.11 Å². The van der Waals surface area contributed by atoms with Crippen LogP contribution in [0.2, 0.25) is 0 Å². The molecule has 1 saturated heterocycles. The van der Waals surface area contributed by atoms with Crippen LogP contribution in [0.3, 0.4) is 0 Å². The average molecular weight is 200 g/mol. The molecular weight excluding hydrogens is 178 g/mol. The molecule has 82 valence electrons. The number of quaternary nitrogens is 1. The molecule has 0 bridgehead atoms. The first kappa shape index (κ1) is 11.5. The van der Waals surface area contributed by atoms with Gasteiger partial charge in [0, 0.05) is 12.8 Å². The zero-order valence-electron chi connectivity index (χ0n) is 9.17. The van der Waals surface area contributed by atoms with E-state index in [1.165, 1.54) is 32.1 Å². The maximum absolute atomic E-state index is 10.8. The van der Waals surface area contributed by atoms with E-state index < -0.39 is 5.97 Å². The molecule has 0 aliphatic carbocycles. The molecule has 0 radical (unpaired) electrons. The van der Waals surface area contributed by atoms with Crippen LogP contribution in [0.5, 0.6) is 0 Å². The lowest BCUT2D eigenvalue weighted by molar-refractivity contribution is -0.910. The van der Waals surface area contributed by atoms with Crippen LogP contribution in [0.1, 0.15) is 39.0 Å². The van der Waals surface area contributed by atoms with Crippen LogP contribution < -0.4 is 0 Å². The van der Waals surface area contributed by atoms with Crippen molar-refractivity contribution >= 4 is 5.97 Å². The second-order valence-electron chi connectivity index (χ2n) is 4.48. The minimum absolute atomic E-state index is 0.337. The zero-order valence-corrected chi connectivity index (χ0v) is 9.17. The molecule has 3 heteroatoms. The SMILES string of the molecule is CCCCC[N+]1(CC(=O)O)CCCC1. The van der Waals surface area contributed by atoms with Crippen LogP contribution in [0.15, 0.2) is 0 Å². The zero-order chi connectivity index (χ0) is 10.4. The van der Waals surface area contributed by atoms with Crippen molar-refractivity contribution in [2.24, 2.45) is 0 Å². The molecule has 0 spiro atoms. The van der Waals surface area contributed by atoms with Crippen LogP contribution >= 0.6 is 0 Å². The molecule has 0 aromatic heterocycles. The summed E-state index contributed by atoms with van der Waals surface area (Å²) >= 11 is 0. The lowest BCUT2D eigenvalue weighted by atomic mass is 10.2. The molecule has 1 fully saturated rings. The topological polar surface area (TPSA) is 37.3 Å². The van der Waals surface area contributed by atoms with Crippen molar-refractivity contribution in [2.45, 2.75) is 39.0 Å². The molecule has 1 aliphatic rings. The van der Waals surface area contributed by atoms with Gasteiger partial charge in [-0.1, -0.05) is 13.3 Å². The van der Waals surface area contributed by atoms with E-state index in [2.05, 4.69) is 6.92 Å². The Morgan fingerprint density at radius 1 is 1.29 bits per heavy atom. The summed E-state index contributed by atoms with van der Waals surface area (Å²) in [5, 5.41) is 8.88. The standard InChI is InChI=1S/C11H21NO2/c1-2-3-4-7-12(10-11(13)14)8-5-6-9-12/h2-10H2,1H3/p+1. The summed E-state index contributed by atoms with van der Waals surface area (Å²) < 4.78 is 0.843. The Balaban J connectivity index is 2.40. The minimum Gasteiger partial charge on any atom is -0.477 e. The molecule has 3 nitrogen and oxygen atoms in total. The molecule has 1 aliphatic heterocycles. The van der Waals surface area contributed by atoms with Gasteiger partial charge < -0.3 is 9.59 Å². The summed E-state index contributed by atoms with van der Waals surface area (Å²) in [5.74, 6) is -0.636. The predicted octanol–water partition coefficient (Wildman–Crippen LogP) is 1.87. The highest BCUT2D eigenvalue weighted by Crippen LogP contribution is 2.20. The Bertz CT molecular complexity index is 186. The van der Waals surface area contributed by atoms with Gasteiger partial charge in [0.1, 0.15) is 0 Å². The summed E-state index contributed by atoms with van der Waals surface area (Å²) in [6.45, 7) is 5.75. The normalized spacial score (nSPS) is 19.8. The van der Waals surface area contributed by atoms with E-state index in [-0.39, 0.29) is 0 Å². The largest absolute Gasteiger partial charge is 0.477 e. The Kier molecular flexibility index (Phi) is 4.39. The van der Waals surface area contributed by atoms with Gasteiger partial charge in [-0.25, -0.2) is 4.79 Å². The van der Waals surface area contributed by atoms with Gasteiger partial charge in [-0.05, 0) is 12.8 Å². The molecule has 0 aromatic rings. The van der Waals surface area contributed by atoms with Crippen molar-refractivity contribution in [1.82, 2.24) is 0 Å². The maximum Gasteiger partial charge on any atom is 0.359 e. The van der Waals surface area contributed by atoms with E-state index in [9.17, 15) is 4.79 Å². The van der Waals surface area contributed by atoms with E-state index >= 15 is 0 Å². The molecule has 1 N–H and O–H groups in total. The third-order valence-electron chi connectivity index (χ3n) is 3.22. The molecule has 0 saturated carbocycles. The Morgan fingerprint density at radius 2 is 1.93 bits per heavy atom. The number of nitrogens with zero attached hydrogens (tertiary/aromatic N) is 1. The van der Waals surface area contributed by atoms with Crippen molar-refractivity contribution in [3.8, 4) is 0 Å². The fraction of sp³-hybridized carbons (Fsp3) is 0.909. The van der Waals surface area contributed by atoms with Gasteiger partial charge in [-0.3, -0.25) is 0 Å². The van der Waals surface area contributed by atoms with Crippen molar-refractivity contribution in [3.63, 3.8) is 0 Å². The monoisotopic (exact) mass is 200 g/mol. The van der Waals surface area contributed by atoms with Crippen LogP contribution in [-0.2, 0) is 4.79 Å². The predicted molar refractivity (Wildman–Crippen MR) is 56.1 cm³/mol. The first-order valence-corrected chi connectivity index (χ1v) is 5.75. The summed E-state index contributed by atoms with van der Waals surface area (Å²) in [5.41, 5.74) is 0. The summed E-state index contributed by atoms with van der Waals surface area (Å²) in [4.78, 5) is 10.8. The van der Waals surface area contributed by atoms with E-state index in [1.54, 1.807) is 0 Å². The molecule has 0 aromatic carbocycles. The van der Waals surface area contributed by atoms with Gasteiger partial charge in [-0.15, -0.1) is 0 Å². The average Bonchev–Trinajstić information content (AvgIpc) is 2.53. The number of rotatable bonds is 6. The molecule has 1 heterocycles. The fourth-order valence-electron chi connectivity index (χ4n) is 2.45. The highest BCUT2D eigenvalue weighted by Gasteiger charge is 2.33. The minimum atomic E-state index is -0.636.